The van der Waals surface area contributed by atoms with Crippen molar-refractivity contribution < 1.29 is 20.8 Å². The van der Waals surface area contributed by atoms with E-state index in [2.05, 4.69) is 64.2 Å². The number of rotatable bonds is 0. The van der Waals surface area contributed by atoms with Gasteiger partial charge in [0, 0.05) is 0 Å². The summed E-state index contributed by atoms with van der Waals surface area (Å²) in [6, 6.07) is 0. The molecule has 0 amide bonds. The summed E-state index contributed by atoms with van der Waals surface area (Å²) in [5.74, 6) is 5.01. The molecule has 0 aromatic carbocycles. The third kappa shape index (κ3) is 5.70. The van der Waals surface area contributed by atoms with Crippen molar-refractivity contribution in [3.8, 4) is 0 Å². The van der Waals surface area contributed by atoms with Crippen LogP contribution in [-0.4, -0.2) is 0 Å². The van der Waals surface area contributed by atoms with Crippen LogP contribution in [0.4, 0.5) is 0 Å². The Labute approximate surface area is 173 Å². The van der Waals surface area contributed by atoms with E-state index in [1.807, 2.05) is 0 Å². The molecular weight excluding hydrogens is 426 g/mol. The summed E-state index contributed by atoms with van der Waals surface area (Å²) < 4.78 is 0. The Balaban J connectivity index is 0.000000156. The number of halogens is 2. The molecular formula is C22H30Cl2Zr. The van der Waals surface area contributed by atoms with E-state index in [0.717, 1.165) is 35.5 Å². The van der Waals surface area contributed by atoms with Crippen molar-refractivity contribution in [2.24, 2.45) is 35.5 Å². The molecule has 0 aromatic rings. The zero-order valence-electron chi connectivity index (χ0n) is 15.9. The van der Waals surface area contributed by atoms with E-state index in [4.69, 9.17) is 17.0 Å². The van der Waals surface area contributed by atoms with Gasteiger partial charge in [-0.1, -0.05) is 40.5 Å². The maximum absolute atomic E-state index is 4.93. The number of allylic oxidation sites excluding steroid dienone is 8. The number of fused-ring (bicyclic) bond motifs is 2. The fourth-order valence-electron chi connectivity index (χ4n) is 5.00. The van der Waals surface area contributed by atoms with Gasteiger partial charge in [0.2, 0.25) is 0 Å². The summed E-state index contributed by atoms with van der Waals surface area (Å²) >= 11 is -0.826. The number of hydrogen-bond donors (Lipinski definition) is 0. The summed E-state index contributed by atoms with van der Waals surface area (Å²) in [6.07, 6.45) is 20.8. The van der Waals surface area contributed by atoms with Crippen LogP contribution in [0.25, 0.3) is 0 Å². The van der Waals surface area contributed by atoms with Gasteiger partial charge in [-0.3, -0.25) is 12.2 Å². The Hall–Kier alpha value is 0.423. The van der Waals surface area contributed by atoms with Gasteiger partial charge in [-0.25, -0.2) is 24.3 Å². The molecule has 4 rings (SSSR count). The van der Waals surface area contributed by atoms with Gasteiger partial charge >= 0.3 is 37.9 Å². The Morgan fingerprint density at radius 2 is 1.16 bits per heavy atom. The molecule has 0 N–H and O–H groups in total. The molecule has 0 nitrogen and oxygen atoms in total. The Morgan fingerprint density at radius 1 is 0.800 bits per heavy atom. The monoisotopic (exact) mass is 454 g/mol. The summed E-state index contributed by atoms with van der Waals surface area (Å²) in [5, 5.41) is 0. The van der Waals surface area contributed by atoms with Crippen molar-refractivity contribution in [2.45, 2.75) is 53.4 Å². The zero-order valence-corrected chi connectivity index (χ0v) is 19.8. The summed E-state index contributed by atoms with van der Waals surface area (Å²) in [4.78, 5) is 0. The first-order chi connectivity index (χ1) is 12.0. The average molecular weight is 457 g/mol. The molecule has 0 bridgehead atoms. The molecule has 0 radical (unpaired) electrons. The van der Waals surface area contributed by atoms with E-state index in [-0.39, 0.29) is 0 Å². The van der Waals surface area contributed by atoms with Gasteiger partial charge in [0.25, 0.3) is 0 Å². The first kappa shape index (κ1) is 21.7. The minimum absolute atomic E-state index is 0.792. The molecule has 136 valence electrons. The van der Waals surface area contributed by atoms with E-state index >= 15 is 0 Å². The van der Waals surface area contributed by atoms with E-state index < -0.39 is 20.8 Å². The third-order valence-corrected chi connectivity index (χ3v) is 6.20. The Morgan fingerprint density at radius 3 is 1.48 bits per heavy atom. The summed E-state index contributed by atoms with van der Waals surface area (Å²) in [5.41, 5.74) is 3.17. The first-order valence-corrected chi connectivity index (χ1v) is 15.8. The molecule has 0 heterocycles. The van der Waals surface area contributed by atoms with Gasteiger partial charge in [-0.15, -0.1) is 0 Å². The van der Waals surface area contributed by atoms with Crippen molar-refractivity contribution >= 4 is 17.0 Å². The molecule has 6 atom stereocenters. The van der Waals surface area contributed by atoms with Gasteiger partial charge in [-0.05, 0) is 48.3 Å². The normalized spacial score (nSPS) is 37.4. The Kier molecular flexibility index (Phi) is 9.28. The molecule has 2 saturated carbocycles. The second-order valence-corrected chi connectivity index (χ2v) is 11.7. The number of hydrogen-bond acceptors (Lipinski definition) is 0. The SMILES string of the molecule is CC1CC(C)C2CC=C[C-]=C12.CC1CC(C)C2CC=C[C-]=C12.[Cl][Zr+2][Cl]. The molecule has 0 aromatic heterocycles. The second-order valence-electron chi connectivity index (χ2n) is 7.99. The van der Waals surface area contributed by atoms with Crippen molar-refractivity contribution in [3.63, 3.8) is 0 Å². The zero-order chi connectivity index (χ0) is 18.4. The topological polar surface area (TPSA) is 0 Å². The predicted octanol–water partition coefficient (Wildman–Crippen LogP) is 7.31. The van der Waals surface area contributed by atoms with Crippen LogP contribution in [-0.2, 0) is 20.8 Å². The molecule has 0 saturated heterocycles. The van der Waals surface area contributed by atoms with Crippen molar-refractivity contribution in [1.29, 1.82) is 0 Å². The van der Waals surface area contributed by atoms with Crippen LogP contribution in [0.15, 0.2) is 35.5 Å². The van der Waals surface area contributed by atoms with Crippen LogP contribution in [0.1, 0.15) is 53.4 Å². The molecule has 3 heteroatoms. The van der Waals surface area contributed by atoms with E-state index in [9.17, 15) is 0 Å². The molecule has 4 aliphatic carbocycles. The van der Waals surface area contributed by atoms with Gasteiger partial charge in [-0.2, -0.15) is 11.1 Å². The van der Waals surface area contributed by atoms with Crippen molar-refractivity contribution in [3.05, 3.63) is 47.6 Å². The summed E-state index contributed by atoms with van der Waals surface area (Å²) in [6.45, 7) is 9.40. The van der Waals surface area contributed by atoms with Crippen molar-refractivity contribution in [1.82, 2.24) is 0 Å². The molecule has 0 aliphatic heterocycles. The third-order valence-electron chi connectivity index (χ3n) is 6.20. The van der Waals surface area contributed by atoms with Crippen LogP contribution in [0.2, 0.25) is 0 Å². The second kappa shape index (κ2) is 10.7. The standard InChI is InChI=1S/2C11H15.2ClH.Zr/c2*1-8-7-9(2)11-6-4-3-5-10(8)11;;;/h2*3-4,8-10H,5,7H2,1-2H3;2*1H;/q2*-1;;;+4/p-2. The van der Waals surface area contributed by atoms with Crippen LogP contribution in [0.5, 0.6) is 0 Å². The van der Waals surface area contributed by atoms with E-state index in [0.29, 0.717) is 0 Å². The quantitative estimate of drug-likeness (QED) is 0.335. The van der Waals surface area contributed by atoms with Gasteiger partial charge in [0.15, 0.2) is 0 Å². The Bertz CT molecular complexity index is 498. The van der Waals surface area contributed by atoms with Crippen LogP contribution in [0, 0.1) is 47.7 Å². The van der Waals surface area contributed by atoms with Gasteiger partial charge < -0.3 is 0 Å². The minimum atomic E-state index is -0.826. The van der Waals surface area contributed by atoms with E-state index in [1.54, 1.807) is 11.1 Å². The first-order valence-electron chi connectivity index (χ1n) is 9.52. The molecule has 25 heavy (non-hydrogen) atoms. The van der Waals surface area contributed by atoms with Crippen LogP contribution >= 0.6 is 17.0 Å². The van der Waals surface area contributed by atoms with Gasteiger partial charge in [0.05, 0.1) is 0 Å². The fourth-order valence-corrected chi connectivity index (χ4v) is 5.00. The van der Waals surface area contributed by atoms with Crippen LogP contribution < -0.4 is 0 Å². The van der Waals surface area contributed by atoms with Crippen LogP contribution in [0.3, 0.4) is 0 Å². The fraction of sp³-hybridized carbons (Fsp3) is 0.636. The predicted molar refractivity (Wildman–Crippen MR) is 106 cm³/mol. The van der Waals surface area contributed by atoms with E-state index in [1.165, 1.54) is 25.7 Å². The molecule has 6 unspecified atom stereocenters. The average Bonchev–Trinajstić information content (AvgIpc) is 3.06. The van der Waals surface area contributed by atoms with Crippen molar-refractivity contribution in [2.75, 3.05) is 0 Å². The molecule has 2 fully saturated rings. The molecule has 4 aliphatic rings. The summed E-state index contributed by atoms with van der Waals surface area (Å²) in [7, 11) is 9.87. The van der Waals surface area contributed by atoms with Gasteiger partial charge in [0.1, 0.15) is 0 Å². The maximum atomic E-state index is 4.93. The molecule has 0 spiro atoms.